The highest BCUT2D eigenvalue weighted by molar-refractivity contribution is 7.89. The van der Waals surface area contributed by atoms with E-state index in [1.807, 2.05) is 12.1 Å². The molecule has 2 unspecified atom stereocenters. The number of ether oxygens (including phenoxy) is 1. The maximum Gasteiger partial charge on any atom is 0.254 e. The van der Waals surface area contributed by atoms with Gasteiger partial charge in [-0.05, 0) is 82.4 Å². The van der Waals surface area contributed by atoms with Crippen molar-refractivity contribution in [3.63, 3.8) is 0 Å². The number of hydrogen-bond acceptors (Lipinski definition) is 4. The van der Waals surface area contributed by atoms with Crippen molar-refractivity contribution in [1.82, 2.24) is 9.29 Å². The summed E-state index contributed by atoms with van der Waals surface area (Å²) in [5, 5.41) is 0. The van der Waals surface area contributed by atoms with E-state index in [4.69, 9.17) is 4.74 Å². The molecule has 1 fully saturated rings. The van der Waals surface area contributed by atoms with Gasteiger partial charge in [0.25, 0.3) is 5.56 Å². The number of hydrogen-bond donors (Lipinski definition) is 1. The lowest BCUT2D eigenvalue weighted by Crippen LogP contribution is -2.50. The van der Waals surface area contributed by atoms with Crippen molar-refractivity contribution >= 4 is 10.0 Å². The van der Waals surface area contributed by atoms with Crippen LogP contribution in [0.1, 0.15) is 73.4 Å². The van der Waals surface area contributed by atoms with Crippen molar-refractivity contribution in [3.05, 3.63) is 69.1 Å². The van der Waals surface area contributed by atoms with Crippen LogP contribution in [0, 0.1) is 13.8 Å². The molecule has 6 nitrogen and oxygen atoms in total. The molecule has 0 amide bonds. The van der Waals surface area contributed by atoms with Gasteiger partial charge < -0.3 is 9.30 Å². The van der Waals surface area contributed by atoms with Crippen LogP contribution in [0.3, 0.4) is 0 Å². The molecule has 0 bridgehead atoms. The molecule has 1 N–H and O–H groups in total. The first-order valence-corrected chi connectivity index (χ1v) is 13.8. The van der Waals surface area contributed by atoms with E-state index >= 15 is 0 Å². The second kappa shape index (κ2) is 10.1. The molecule has 2 atom stereocenters. The first-order valence-electron chi connectivity index (χ1n) is 12.2. The monoisotopic (exact) mass is 472 g/mol. The number of sulfonamides is 1. The maximum atomic E-state index is 13.0. The average molecular weight is 473 g/mol. The van der Waals surface area contributed by atoms with Crippen molar-refractivity contribution in [2.75, 3.05) is 12.4 Å². The topological polar surface area (TPSA) is 77.4 Å². The van der Waals surface area contributed by atoms with Gasteiger partial charge in [-0.1, -0.05) is 30.3 Å². The smallest absolute Gasteiger partial charge is 0.254 e. The van der Waals surface area contributed by atoms with Gasteiger partial charge in [-0.2, -0.15) is 0 Å². The first-order chi connectivity index (χ1) is 15.8. The Kier molecular flexibility index (Phi) is 7.41. The molecule has 2 heterocycles. The number of rotatable bonds is 7. The maximum absolute atomic E-state index is 13.0. The van der Waals surface area contributed by atoms with Gasteiger partial charge in [-0.25, -0.2) is 13.1 Å². The summed E-state index contributed by atoms with van der Waals surface area (Å²) in [7, 11) is -3.38. The molecule has 0 saturated heterocycles. The zero-order valence-corrected chi connectivity index (χ0v) is 20.7. The third-order valence-corrected chi connectivity index (χ3v) is 8.84. The van der Waals surface area contributed by atoms with Gasteiger partial charge in [0.05, 0.1) is 24.5 Å². The zero-order chi connectivity index (χ0) is 23.6. The summed E-state index contributed by atoms with van der Waals surface area (Å²) in [6.45, 7) is 5.96. The molecule has 2 aromatic rings. The Labute approximate surface area is 197 Å². The first kappa shape index (κ1) is 24.2. The quantitative estimate of drug-likeness (QED) is 0.661. The zero-order valence-electron chi connectivity index (χ0n) is 19.9. The highest BCUT2D eigenvalue weighted by Crippen LogP contribution is 2.36. The predicted molar refractivity (Wildman–Crippen MR) is 131 cm³/mol. The van der Waals surface area contributed by atoms with E-state index in [0.29, 0.717) is 30.9 Å². The number of nitrogens with zero attached hydrogens (tertiary/aromatic N) is 1. The molecular weight excluding hydrogens is 436 g/mol. The Bertz CT molecular complexity index is 1130. The van der Waals surface area contributed by atoms with Crippen LogP contribution in [0.5, 0.6) is 0 Å². The lowest BCUT2D eigenvalue weighted by molar-refractivity contribution is -0.00172. The lowest BCUT2D eigenvalue weighted by Gasteiger charge is -2.37. The van der Waals surface area contributed by atoms with Crippen LogP contribution in [-0.2, 0) is 21.2 Å². The van der Waals surface area contributed by atoms with Crippen LogP contribution < -0.4 is 10.3 Å². The minimum atomic E-state index is -3.38. The van der Waals surface area contributed by atoms with E-state index in [-0.39, 0.29) is 29.5 Å². The third kappa shape index (κ3) is 5.42. The summed E-state index contributed by atoms with van der Waals surface area (Å²) in [5.41, 5.74) is 4.36. The van der Waals surface area contributed by atoms with Gasteiger partial charge >= 0.3 is 0 Å². The lowest BCUT2D eigenvalue weighted by atomic mass is 9.81. The number of aryl methyl sites for hydroxylation is 3. The Morgan fingerprint density at radius 2 is 1.73 bits per heavy atom. The second-order valence-electron chi connectivity index (χ2n) is 9.58. The van der Waals surface area contributed by atoms with E-state index in [1.165, 1.54) is 11.1 Å². The van der Waals surface area contributed by atoms with Crippen LogP contribution in [0.25, 0.3) is 0 Å². The molecular formula is C26H36N2O4S. The molecule has 7 heteroatoms. The summed E-state index contributed by atoms with van der Waals surface area (Å²) >= 11 is 0. The largest absolute Gasteiger partial charge is 0.376 e. The van der Waals surface area contributed by atoms with Crippen LogP contribution in [0.4, 0.5) is 0 Å². The SMILES string of the molecule is CCS(=O)(=O)NC1CCc2ccc(C)c(=O)n2C1COC1CCC(c2ccccc2C)CC1. The Balaban J connectivity index is 1.47. The summed E-state index contributed by atoms with van der Waals surface area (Å²) < 4.78 is 35.7. The van der Waals surface area contributed by atoms with E-state index in [0.717, 1.165) is 31.4 Å². The minimum Gasteiger partial charge on any atom is -0.376 e. The van der Waals surface area contributed by atoms with Crippen molar-refractivity contribution in [3.8, 4) is 0 Å². The van der Waals surface area contributed by atoms with Gasteiger partial charge in [-0.15, -0.1) is 0 Å². The summed E-state index contributed by atoms with van der Waals surface area (Å²) in [6, 6.07) is 11.8. The Morgan fingerprint density at radius 3 is 2.42 bits per heavy atom. The third-order valence-electron chi connectivity index (χ3n) is 7.42. The molecule has 1 aliphatic carbocycles. The highest BCUT2D eigenvalue weighted by Gasteiger charge is 2.34. The highest BCUT2D eigenvalue weighted by atomic mass is 32.2. The van der Waals surface area contributed by atoms with Crippen molar-refractivity contribution in [1.29, 1.82) is 0 Å². The Morgan fingerprint density at radius 1 is 1.00 bits per heavy atom. The van der Waals surface area contributed by atoms with Crippen molar-refractivity contribution in [2.45, 2.75) is 83.4 Å². The summed E-state index contributed by atoms with van der Waals surface area (Å²) in [5.74, 6) is 0.589. The number of pyridine rings is 1. The van der Waals surface area contributed by atoms with Crippen LogP contribution in [0.15, 0.2) is 41.2 Å². The van der Waals surface area contributed by atoms with E-state index < -0.39 is 10.0 Å². The second-order valence-corrected chi connectivity index (χ2v) is 11.6. The molecule has 0 spiro atoms. The van der Waals surface area contributed by atoms with E-state index in [2.05, 4.69) is 35.9 Å². The molecule has 4 rings (SSSR count). The molecule has 1 saturated carbocycles. The summed E-state index contributed by atoms with van der Waals surface area (Å²) in [4.78, 5) is 13.0. The number of fused-ring (bicyclic) bond motifs is 1. The fraction of sp³-hybridized carbons (Fsp3) is 0.577. The molecule has 1 aromatic heterocycles. The minimum absolute atomic E-state index is 0.0234. The van der Waals surface area contributed by atoms with E-state index in [1.54, 1.807) is 18.4 Å². The molecule has 2 aliphatic rings. The number of benzene rings is 1. The molecule has 33 heavy (non-hydrogen) atoms. The Hall–Kier alpha value is -1.96. The van der Waals surface area contributed by atoms with E-state index in [9.17, 15) is 13.2 Å². The number of nitrogens with one attached hydrogen (secondary N) is 1. The summed E-state index contributed by atoms with van der Waals surface area (Å²) in [6.07, 6.45) is 5.60. The molecule has 0 radical (unpaired) electrons. The van der Waals surface area contributed by atoms with Gasteiger partial charge in [0.1, 0.15) is 0 Å². The predicted octanol–water partition coefficient (Wildman–Crippen LogP) is 4.00. The average Bonchev–Trinajstić information content (AvgIpc) is 2.81. The van der Waals surface area contributed by atoms with Gasteiger partial charge in [0.15, 0.2) is 0 Å². The fourth-order valence-electron chi connectivity index (χ4n) is 5.40. The fourth-order valence-corrected chi connectivity index (χ4v) is 6.30. The molecule has 1 aliphatic heterocycles. The van der Waals surface area contributed by atoms with Crippen LogP contribution in [0.2, 0.25) is 0 Å². The normalized spacial score (nSPS) is 25.5. The van der Waals surface area contributed by atoms with Gasteiger partial charge in [0.2, 0.25) is 10.0 Å². The van der Waals surface area contributed by atoms with Crippen LogP contribution >= 0.6 is 0 Å². The van der Waals surface area contributed by atoms with Gasteiger partial charge in [0, 0.05) is 17.3 Å². The van der Waals surface area contributed by atoms with Crippen molar-refractivity contribution in [2.24, 2.45) is 0 Å². The van der Waals surface area contributed by atoms with Crippen molar-refractivity contribution < 1.29 is 13.2 Å². The molecule has 1 aromatic carbocycles. The van der Waals surface area contributed by atoms with Gasteiger partial charge in [-0.3, -0.25) is 4.79 Å². The number of aromatic nitrogens is 1. The molecule has 180 valence electrons. The standard InChI is InChI=1S/C26H36N2O4S/c1-4-33(30,31)27-24-16-13-21-12-9-19(3)26(29)28(21)25(24)17-32-22-14-10-20(11-15-22)23-8-6-5-7-18(23)2/h5-9,12,20,22,24-25,27H,4,10-11,13-17H2,1-3H3. The van der Waals surface area contributed by atoms with Crippen LogP contribution in [-0.4, -0.2) is 37.5 Å².